The lowest BCUT2D eigenvalue weighted by molar-refractivity contribution is 0.412. The zero-order valence-corrected chi connectivity index (χ0v) is 13.8. The highest BCUT2D eigenvalue weighted by molar-refractivity contribution is 9.10. The Kier molecular flexibility index (Phi) is 4.67. The molecule has 0 atom stereocenters. The number of hydrogen-bond donors (Lipinski definition) is 2. The zero-order chi connectivity index (χ0) is 14.7. The van der Waals surface area contributed by atoms with Crippen LogP contribution in [-0.4, -0.2) is 12.9 Å². The van der Waals surface area contributed by atoms with Crippen LogP contribution >= 0.6 is 31.9 Å². The number of rotatable bonds is 4. The second kappa shape index (κ2) is 6.28. The van der Waals surface area contributed by atoms with Crippen LogP contribution in [0.3, 0.4) is 0 Å². The molecule has 0 saturated heterocycles. The fourth-order valence-electron chi connectivity index (χ4n) is 1.66. The average molecular weight is 400 g/mol. The highest BCUT2D eigenvalue weighted by Crippen LogP contribution is 2.35. The first-order chi connectivity index (χ1) is 9.52. The van der Waals surface area contributed by atoms with Gasteiger partial charge in [-0.15, -0.1) is 0 Å². The van der Waals surface area contributed by atoms with Crippen molar-refractivity contribution in [3.63, 3.8) is 0 Å². The van der Waals surface area contributed by atoms with Gasteiger partial charge in [-0.05, 0) is 62.2 Å². The smallest absolute Gasteiger partial charge is 0.141 e. The molecule has 2 aromatic carbocycles. The van der Waals surface area contributed by atoms with Crippen molar-refractivity contribution in [1.82, 2.24) is 0 Å². The topological polar surface area (TPSA) is 68.3 Å². The van der Waals surface area contributed by atoms with E-state index in [-0.39, 0.29) is 5.84 Å². The molecule has 0 heterocycles. The van der Waals surface area contributed by atoms with E-state index in [2.05, 4.69) is 31.9 Å². The minimum atomic E-state index is -0.0582. The van der Waals surface area contributed by atoms with Crippen LogP contribution in [0.25, 0.3) is 0 Å². The maximum Gasteiger partial charge on any atom is 0.141 e. The normalized spacial score (nSPS) is 10.2. The van der Waals surface area contributed by atoms with Gasteiger partial charge in [0.25, 0.3) is 0 Å². The molecule has 2 rings (SSSR count). The Balaban J connectivity index is 2.40. The number of nitrogen functional groups attached to an aromatic ring is 1. The first-order valence-electron chi connectivity index (χ1n) is 5.67. The molecule has 2 aromatic rings. The van der Waals surface area contributed by atoms with Gasteiger partial charge in [-0.2, -0.15) is 0 Å². The van der Waals surface area contributed by atoms with Gasteiger partial charge in [0.05, 0.1) is 17.1 Å². The van der Waals surface area contributed by atoms with Crippen molar-refractivity contribution < 1.29 is 9.47 Å². The Morgan fingerprint density at radius 1 is 1.10 bits per heavy atom. The molecule has 0 aliphatic carbocycles. The molecular formula is C14H12Br2N2O2. The van der Waals surface area contributed by atoms with E-state index >= 15 is 0 Å². The summed E-state index contributed by atoms with van der Waals surface area (Å²) in [6.45, 7) is 0. The highest BCUT2D eigenvalue weighted by atomic mass is 79.9. The Hall–Kier alpha value is -1.53. The summed E-state index contributed by atoms with van der Waals surface area (Å²) in [5.41, 5.74) is 6.12. The third kappa shape index (κ3) is 3.13. The maximum absolute atomic E-state index is 7.64. The fourth-order valence-corrected chi connectivity index (χ4v) is 2.66. The van der Waals surface area contributed by atoms with E-state index in [0.717, 1.165) is 10.2 Å². The number of nitrogens with one attached hydrogen (secondary N) is 1. The van der Waals surface area contributed by atoms with Crippen molar-refractivity contribution in [3.8, 4) is 17.2 Å². The Labute approximate surface area is 133 Å². The van der Waals surface area contributed by atoms with Crippen LogP contribution in [0.1, 0.15) is 5.56 Å². The number of benzene rings is 2. The van der Waals surface area contributed by atoms with E-state index < -0.39 is 0 Å². The van der Waals surface area contributed by atoms with Crippen molar-refractivity contribution in [2.75, 3.05) is 7.11 Å². The summed E-state index contributed by atoms with van der Waals surface area (Å²) in [5, 5.41) is 7.64. The lowest BCUT2D eigenvalue weighted by Gasteiger charge is -2.13. The summed E-state index contributed by atoms with van der Waals surface area (Å²) in [4.78, 5) is 0. The van der Waals surface area contributed by atoms with Gasteiger partial charge >= 0.3 is 0 Å². The summed E-state index contributed by atoms with van der Waals surface area (Å²) in [6.07, 6.45) is 0. The molecule has 3 N–H and O–H groups in total. The third-order valence-corrected chi connectivity index (χ3v) is 3.88. The molecule has 0 amide bonds. The molecule has 4 nitrogen and oxygen atoms in total. The molecule has 0 unspecified atom stereocenters. The number of methoxy groups -OCH3 is 1. The number of ether oxygens (including phenoxy) is 2. The van der Waals surface area contributed by atoms with Gasteiger partial charge < -0.3 is 15.2 Å². The second-order valence-electron chi connectivity index (χ2n) is 3.93. The van der Waals surface area contributed by atoms with Crippen molar-refractivity contribution >= 4 is 37.7 Å². The van der Waals surface area contributed by atoms with E-state index in [4.69, 9.17) is 20.6 Å². The largest absolute Gasteiger partial charge is 0.497 e. The zero-order valence-electron chi connectivity index (χ0n) is 10.6. The van der Waals surface area contributed by atoms with Crippen LogP contribution in [0, 0.1) is 5.41 Å². The average Bonchev–Trinajstić information content (AvgIpc) is 2.40. The standard InChI is InChI=1S/C14H12Br2N2O2/c1-19-8-5-6-11(10(16)7-8)20-12-4-2-3-9(15)13(12)14(17)18/h2-7H,1H3,(H3,17,18). The van der Waals surface area contributed by atoms with Crippen LogP contribution in [0.15, 0.2) is 45.3 Å². The van der Waals surface area contributed by atoms with E-state index in [1.54, 1.807) is 31.4 Å². The Morgan fingerprint density at radius 2 is 1.85 bits per heavy atom. The lowest BCUT2D eigenvalue weighted by Crippen LogP contribution is -2.13. The minimum absolute atomic E-state index is 0.0582. The number of halogens is 2. The monoisotopic (exact) mass is 398 g/mol. The first kappa shape index (κ1) is 14.9. The number of hydrogen-bond acceptors (Lipinski definition) is 3. The van der Waals surface area contributed by atoms with Gasteiger partial charge in [0.15, 0.2) is 0 Å². The van der Waals surface area contributed by atoms with Crippen molar-refractivity contribution in [3.05, 3.63) is 50.9 Å². The van der Waals surface area contributed by atoms with E-state index in [9.17, 15) is 0 Å². The van der Waals surface area contributed by atoms with Crippen LogP contribution in [0.5, 0.6) is 17.2 Å². The molecule has 0 bridgehead atoms. The van der Waals surface area contributed by atoms with Crippen LogP contribution in [0.2, 0.25) is 0 Å². The van der Waals surface area contributed by atoms with Crippen LogP contribution < -0.4 is 15.2 Å². The summed E-state index contributed by atoms with van der Waals surface area (Å²) in [7, 11) is 1.60. The van der Waals surface area contributed by atoms with Crippen molar-refractivity contribution in [2.45, 2.75) is 0 Å². The second-order valence-corrected chi connectivity index (χ2v) is 5.63. The minimum Gasteiger partial charge on any atom is -0.497 e. The summed E-state index contributed by atoms with van der Waals surface area (Å²) >= 11 is 6.79. The predicted molar refractivity (Wildman–Crippen MR) is 85.9 cm³/mol. The Morgan fingerprint density at radius 3 is 2.45 bits per heavy atom. The molecule has 20 heavy (non-hydrogen) atoms. The quantitative estimate of drug-likeness (QED) is 0.594. The first-order valence-corrected chi connectivity index (χ1v) is 7.26. The molecule has 0 spiro atoms. The van der Waals surface area contributed by atoms with E-state index in [1.807, 2.05) is 12.1 Å². The summed E-state index contributed by atoms with van der Waals surface area (Å²) in [5.74, 6) is 1.80. The molecule has 0 aromatic heterocycles. The maximum atomic E-state index is 7.64. The van der Waals surface area contributed by atoms with Gasteiger partial charge in [-0.3, -0.25) is 5.41 Å². The molecule has 0 aliphatic rings. The summed E-state index contributed by atoms with van der Waals surface area (Å²) in [6, 6.07) is 10.8. The molecule has 6 heteroatoms. The number of amidine groups is 1. The van der Waals surface area contributed by atoms with Gasteiger partial charge in [-0.25, -0.2) is 0 Å². The van der Waals surface area contributed by atoms with Gasteiger partial charge in [-0.1, -0.05) is 6.07 Å². The van der Waals surface area contributed by atoms with E-state index in [0.29, 0.717) is 21.5 Å². The van der Waals surface area contributed by atoms with Gasteiger partial charge in [0, 0.05) is 4.47 Å². The van der Waals surface area contributed by atoms with Crippen molar-refractivity contribution in [2.24, 2.45) is 5.73 Å². The molecule has 0 radical (unpaired) electrons. The molecule has 0 saturated carbocycles. The van der Waals surface area contributed by atoms with Crippen molar-refractivity contribution in [1.29, 1.82) is 5.41 Å². The lowest BCUT2D eigenvalue weighted by atomic mass is 10.2. The van der Waals surface area contributed by atoms with Crippen LogP contribution in [0.4, 0.5) is 0 Å². The molecule has 0 fully saturated rings. The fraction of sp³-hybridized carbons (Fsp3) is 0.0714. The molecular weight excluding hydrogens is 388 g/mol. The number of nitrogens with two attached hydrogens (primary N) is 1. The highest BCUT2D eigenvalue weighted by Gasteiger charge is 2.13. The SMILES string of the molecule is COc1ccc(Oc2cccc(Br)c2C(=N)N)c(Br)c1. The third-order valence-electron chi connectivity index (χ3n) is 2.60. The molecule has 0 aliphatic heterocycles. The predicted octanol–water partition coefficient (Wildman–Crippen LogP) is 4.30. The van der Waals surface area contributed by atoms with Crippen LogP contribution in [-0.2, 0) is 0 Å². The summed E-state index contributed by atoms with van der Waals surface area (Å²) < 4.78 is 12.4. The molecule has 104 valence electrons. The van der Waals surface area contributed by atoms with Gasteiger partial charge in [0.2, 0.25) is 0 Å². The Bertz CT molecular complexity index is 660. The van der Waals surface area contributed by atoms with E-state index in [1.165, 1.54) is 0 Å². The van der Waals surface area contributed by atoms with Gasteiger partial charge in [0.1, 0.15) is 23.1 Å².